The summed E-state index contributed by atoms with van der Waals surface area (Å²) in [7, 11) is 3.92. The normalized spacial score (nSPS) is 11.9. The Balaban J connectivity index is 0. The molecule has 0 atom stereocenters. The monoisotopic (exact) mass is 287 g/mol. The van der Waals surface area contributed by atoms with E-state index in [0.29, 0.717) is 12.0 Å². The van der Waals surface area contributed by atoms with Gasteiger partial charge in [-0.3, -0.25) is 0 Å². The zero-order chi connectivity index (χ0) is 16.1. The van der Waals surface area contributed by atoms with Crippen LogP contribution in [0, 0.1) is 0 Å². The third-order valence-corrected chi connectivity index (χ3v) is 2.28. The van der Waals surface area contributed by atoms with Gasteiger partial charge < -0.3 is 20.2 Å². The molecule has 0 saturated carbocycles. The lowest BCUT2D eigenvalue weighted by Crippen LogP contribution is -2.12. The maximum atomic E-state index is 10.3. The number of carboxylic acids is 2. The minimum absolute atomic E-state index is 0.00458. The molecule has 0 radical (unpaired) electrons. The average Bonchev–Trinajstić information content (AvgIpc) is 2.35. The van der Waals surface area contributed by atoms with Crippen LogP contribution in [-0.4, -0.2) is 59.4 Å². The van der Waals surface area contributed by atoms with Crippen molar-refractivity contribution in [3.8, 4) is 0 Å². The Kier molecular flexibility index (Phi) is 12.8. The Morgan fingerprint density at radius 2 is 1.35 bits per heavy atom. The van der Waals surface area contributed by atoms with Crippen molar-refractivity contribution in [1.82, 2.24) is 4.90 Å². The fraction of sp³-hybridized carbons (Fsp3) is 0.571. The van der Waals surface area contributed by atoms with E-state index in [9.17, 15) is 9.59 Å². The number of hydrogen-bond donors (Lipinski definition) is 3. The van der Waals surface area contributed by atoms with Gasteiger partial charge in [-0.2, -0.15) is 0 Å². The quantitative estimate of drug-likeness (QED) is 0.612. The topological polar surface area (TPSA) is 98.1 Å². The summed E-state index contributed by atoms with van der Waals surface area (Å²) >= 11 is 0. The van der Waals surface area contributed by atoms with Crippen molar-refractivity contribution in [1.29, 1.82) is 0 Å². The minimum Gasteiger partial charge on any atom is -0.478 e. The number of aliphatic hydroxyl groups is 1. The van der Waals surface area contributed by atoms with Gasteiger partial charge in [-0.05, 0) is 40.8 Å². The Labute approximate surface area is 120 Å². The van der Waals surface area contributed by atoms with Crippen molar-refractivity contribution in [2.45, 2.75) is 26.7 Å². The maximum Gasteiger partial charge on any atom is 0.330 e. The maximum absolute atomic E-state index is 10.3. The highest BCUT2D eigenvalue weighted by Gasteiger charge is 1.97. The Bertz CT molecular complexity index is 359. The van der Waals surface area contributed by atoms with Gasteiger partial charge in [-0.1, -0.05) is 12.2 Å². The molecule has 0 unspecified atom stereocenters. The first-order chi connectivity index (χ1) is 9.22. The highest BCUT2D eigenvalue weighted by Crippen LogP contribution is 1.95. The van der Waals surface area contributed by atoms with Crippen LogP contribution in [0.1, 0.15) is 26.7 Å². The third-order valence-electron chi connectivity index (χ3n) is 2.28. The van der Waals surface area contributed by atoms with Crippen molar-refractivity contribution in [2.24, 2.45) is 0 Å². The number of carboxylic acid groups (broad SMARTS) is 2. The fourth-order valence-electron chi connectivity index (χ4n) is 0.995. The van der Waals surface area contributed by atoms with Gasteiger partial charge in [0.2, 0.25) is 0 Å². The lowest BCUT2D eigenvalue weighted by atomic mass is 10.2. The molecule has 3 N–H and O–H groups in total. The van der Waals surface area contributed by atoms with E-state index in [1.807, 2.05) is 19.0 Å². The molecule has 0 amide bonds. The van der Waals surface area contributed by atoms with Crippen molar-refractivity contribution >= 4 is 11.9 Å². The average molecular weight is 287 g/mol. The molecule has 0 aliphatic heterocycles. The lowest BCUT2D eigenvalue weighted by molar-refractivity contribution is -0.133. The standard InChI is InChI=1S/C8H15NO2.C6H10O3/c1-7(8(10)11)5-4-6-9(2)3;1-5(6(8)9)3-2-4-7/h5H,4,6H2,1-3H3,(H,10,11);3,7H,2,4H2,1H3,(H,8,9). The van der Waals surface area contributed by atoms with Gasteiger partial charge in [-0.25, -0.2) is 9.59 Å². The van der Waals surface area contributed by atoms with E-state index in [-0.39, 0.29) is 12.2 Å². The van der Waals surface area contributed by atoms with E-state index in [4.69, 9.17) is 15.3 Å². The van der Waals surface area contributed by atoms with E-state index in [2.05, 4.69) is 0 Å². The first-order valence-electron chi connectivity index (χ1n) is 6.28. The van der Waals surface area contributed by atoms with E-state index in [1.165, 1.54) is 13.0 Å². The molecule has 0 fully saturated rings. The Hall–Kier alpha value is -1.66. The molecule has 0 saturated heterocycles. The molecule has 0 aliphatic carbocycles. The predicted octanol–water partition coefficient (Wildman–Crippen LogP) is 1.37. The molecule has 6 heteroatoms. The number of aliphatic hydroxyl groups excluding tert-OH is 1. The van der Waals surface area contributed by atoms with E-state index in [1.54, 1.807) is 13.0 Å². The van der Waals surface area contributed by atoms with E-state index < -0.39 is 11.9 Å². The van der Waals surface area contributed by atoms with Gasteiger partial charge in [0.15, 0.2) is 0 Å². The van der Waals surface area contributed by atoms with Crippen LogP contribution in [0.4, 0.5) is 0 Å². The first kappa shape index (κ1) is 20.7. The van der Waals surface area contributed by atoms with Gasteiger partial charge in [0.25, 0.3) is 0 Å². The zero-order valence-electron chi connectivity index (χ0n) is 12.6. The summed E-state index contributed by atoms with van der Waals surface area (Å²) in [5.41, 5.74) is 0.705. The van der Waals surface area contributed by atoms with Gasteiger partial charge in [-0.15, -0.1) is 0 Å². The third kappa shape index (κ3) is 14.4. The van der Waals surface area contributed by atoms with Gasteiger partial charge in [0, 0.05) is 24.3 Å². The molecular weight excluding hydrogens is 262 g/mol. The van der Waals surface area contributed by atoms with Crippen molar-refractivity contribution in [2.75, 3.05) is 27.2 Å². The molecule has 0 heterocycles. The second kappa shape index (κ2) is 12.4. The summed E-state index contributed by atoms with van der Waals surface area (Å²) in [5.74, 6) is -1.76. The number of nitrogens with zero attached hydrogens (tertiary/aromatic N) is 1. The van der Waals surface area contributed by atoms with Gasteiger partial charge >= 0.3 is 11.9 Å². The minimum atomic E-state index is -0.927. The number of aliphatic carboxylic acids is 2. The Morgan fingerprint density at radius 3 is 1.65 bits per heavy atom. The second-order valence-electron chi connectivity index (χ2n) is 4.49. The van der Waals surface area contributed by atoms with Crippen LogP contribution in [-0.2, 0) is 9.59 Å². The molecule has 0 aromatic heterocycles. The zero-order valence-corrected chi connectivity index (χ0v) is 12.6. The van der Waals surface area contributed by atoms with E-state index >= 15 is 0 Å². The Morgan fingerprint density at radius 1 is 0.950 bits per heavy atom. The molecule has 116 valence electrons. The highest BCUT2D eigenvalue weighted by atomic mass is 16.4. The highest BCUT2D eigenvalue weighted by molar-refractivity contribution is 5.86. The summed E-state index contributed by atoms with van der Waals surface area (Å²) in [4.78, 5) is 22.4. The SMILES string of the molecule is CC(=CCCN(C)C)C(=O)O.CC(=CCCO)C(=O)O. The van der Waals surface area contributed by atoms with Gasteiger partial charge in [0.1, 0.15) is 0 Å². The van der Waals surface area contributed by atoms with Crippen LogP contribution in [0.25, 0.3) is 0 Å². The summed E-state index contributed by atoms with van der Waals surface area (Å²) in [6.07, 6.45) is 4.44. The predicted molar refractivity (Wildman–Crippen MR) is 77.7 cm³/mol. The summed E-state index contributed by atoms with van der Waals surface area (Å²) in [5, 5.41) is 25.0. The van der Waals surface area contributed by atoms with Crippen molar-refractivity contribution in [3.05, 3.63) is 23.3 Å². The van der Waals surface area contributed by atoms with Crippen molar-refractivity contribution in [3.63, 3.8) is 0 Å². The lowest BCUT2D eigenvalue weighted by Gasteiger charge is -2.05. The molecule has 0 rings (SSSR count). The van der Waals surface area contributed by atoms with Crippen LogP contribution in [0.5, 0.6) is 0 Å². The number of rotatable bonds is 7. The first-order valence-corrected chi connectivity index (χ1v) is 6.28. The number of carbonyl (C=O) groups is 2. The number of hydrogen-bond acceptors (Lipinski definition) is 4. The van der Waals surface area contributed by atoms with E-state index in [0.717, 1.165) is 13.0 Å². The van der Waals surface area contributed by atoms with Gasteiger partial charge in [0.05, 0.1) is 0 Å². The summed E-state index contributed by atoms with van der Waals surface area (Å²) < 4.78 is 0. The molecule has 0 aliphatic rings. The fourth-order valence-corrected chi connectivity index (χ4v) is 0.995. The molecule has 20 heavy (non-hydrogen) atoms. The summed E-state index contributed by atoms with van der Waals surface area (Å²) in [6.45, 7) is 4.01. The molecule has 0 spiro atoms. The van der Waals surface area contributed by atoms with Crippen LogP contribution >= 0.6 is 0 Å². The van der Waals surface area contributed by atoms with Crippen LogP contribution < -0.4 is 0 Å². The second-order valence-corrected chi connectivity index (χ2v) is 4.49. The molecule has 0 aromatic rings. The molecule has 0 aromatic carbocycles. The van der Waals surface area contributed by atoms with Crippen LogP contribution in [0.15, 0.2) is 23.3 Å². The molecule has 0 bridgehead atoms. The summed E-state index contributed by atoms with van der Waals surface area (Å²) in [6, 6.07) is 0. The smallest absolute Gasteiger partial charge is 0.330 e. The molecular formula is C14H25NO5. The van der Waals surface area contributed by atoms with Crippen molar-refractivity contribution < 1.29 is 24.9 Å². The molecule has 6 nitrogen and oxygen atoms in total. The largest absolute Gasteiger partial charge is 0.478 e. The van der Waals surface area contributed by atoms with Crippen LogP contribution in [0.2, 0.25) is 0 Å². The van der Waals surface area contributed by atoms with Crippen LogP contribution in [0.3, 0.4) is 0 Å².